The minimum absolute atomic E-state index is 0.0889. The topological polar surface area (TPSA) is 93.9 Å². The van der Waals surface area contributed by atoms with Crippen LogP contribution in [0.25, 0.3) is 0 Å². The SMILES string of the molecule is COc1ccc(CN(CC(=O)Nc2ccc([N+](=O)[O-])cc2OC)C2CC2)cc1. The van der Waals surface area contributed by atoms with Gasteiger partial charge in [0, 0.05) is 18.7 Å². The lowest BCUT2D eigenvalue weighted by molar-refractivity contribution is -0.384. The Balaban J connectivity index is 1.65. The van der Waals surface area contributed by atoms with Crippen molar-refractivity contribution in [2.45, 2.75) is 25.4 Å². The maximum Gasteiger partial charge on any atom is 0.273 e. The number of hydrogen-bond donors (Lipinski definition) is 1. The second kappa shape index (κ2) is 8.71. The van der Waals surface area contributed by atoms with Crippen molar-refractivity contribution in [3.63, 3.8) is 0 Å². The molecule has 2 aromatic carbocycles. The van der Waals surface area contributed by atoms with Gasteiger partial charge in [-0.1, -0.05) is 12.1 Å². The number of methoxy groups -OCH3 is 2. The Hall–Kier alpha value is -3.13. The Kier molecular flexibility index (Phi) is 6.10. The molecule has 148 valence electrons. The first kappa shape index (κ1) is 19.6. The van der Waals surface area contributed by atoms with Crippen molar-refractivity contribution in [2.75, 3.05) is 26.1 Å². The number of carbonyl (C=O) groups is 1. The van der Waals surface area contributed by atoms with Crippen molar-refractivity contribution in [1.29, 1.82) is 0 Å². The van der Waals surface area contributed by atoms with Crippen LogP contribution in [0.4, 0.5) is 11.4 Å². The molecule has 0 aliphatic heterocycles. The van der Waals surface area contributed by atoms with E-state index in [4.69, 9.17) is 9.47 Å². The third-order valence-corrected chi connectivity index (χ3v) is 4.62. The minimum atomic E-state index is -0.502. The van der Waals surface area contributed by atoms with E-state index < -0.39 is 4.92 Å². The van der Waals surface area contributed by atoms with Gasteiger partial charge in [-0.3, -0.25) is 19.8 Å². The molecule has 1 aliphatic carbocycles. The molecule has 0 bridgehead atoms. The fourth-order valence-electron chi connectivity index (χ4n) is 2.99. The molecule has 1 fully saturated rings. The summed E-state index contributed by atoms with van der Waals surface area (Å²) in [5, 5.41) is 13.7. The molecule has 1 N–H and O–H groups in total. The molecule has 0 heterocycles. The summed E-state index contributed by atoms with van der Waals surface area (Å²) in [5.41, 5.74) is 1.43. The highest BCUT2D eigenvalue weighted by Crippen LogP contribution is 2.30. The first-order valence-electron chi connectivity index (χ1n) is 8.99. The number of nitrogens with zero attached hydrogens (tertiary/aromatic N) is 2. The van der Waals surface area contributed by atoms with Crippen LogP contribution in [0.3, 0.4) is 0 Å². The van der Waals surface area contributed by atoms with Gasteiger partial charge in [-0.05, 0) is 36.6 Å². The van der Waals surface area contributed by atoms with Crippen LogP contribution in [0.1, 0.15) is 18.4 Å². The molecule has 2 aromatic rings. The summed E-state index contributed by atoms with van der Waals surface area (Å²) in [4.78, 5) is 25.1. The molecule has 0 aromatic heterocycles. The molecule has 3 rings (SSSR count). The van der Waals surface area contributed by atoms with Gasteiger partial charge in [0.2, 0.25) is 5.91 Å². The molecule has 1 aliphatic rings. The van der Waals surface area contributed by atoms with E-state index in [9.17, 15) is 14.9 Å². The van der Waals surface area contributed by atoms with Gasteiger partial charge in [-0.25, -0.2) is 0 Å². The number of non-ortho nitro benzene ring substituents is 1. The Morgan fingerprint density at radius 2 is 1.89 bits per heavy atom. The lowest BCUT2D eigenvalue weighted by Crippen LogP contribution is -2.34. The Morgan fingerprint density at radius 1 is 1.18 bits per heavy atom. The fraction of sp³-hybridized carbons (Fsp3) is 0.350. The first-order valence-corrected chi connectivity index (χ1v) is 8.99. The Bertz CT molecular complexity index is 849. The Labute approximate surface area is 163 Å². The van der Waals surface area contributed by atoms with Gasteiger partial charge in [0.05, 0.1) is 37.4 Å². The zero-order valence-corrected chi connectivity index (χ0v) is 15.9. The average molecular weight is 385 g/mol. The first-order chi connectivity index (χ1) is 13.5. The summed E-state index contributed by atoms with van der Waals surface area (Å²) in [6, 6.07) is 12.3. The summed E-state index contributed by atoms with van der Waals surface area (Å²) < 4.78 is 10.4. The van der Waals surface area contributed by atoms with Gasteiger partial charge in [-0.15, -0.1) is 0 Å². The molecule has 0 spiro atoms. The van der Waals surface area contributed by atoms with E-state index in [1.165, 1.54) is 25.3 Å². The van der Waals surface area contributed by atoms with Crippen LogP contribution in [-0.4, -0.2) is 42.5 Å². The average Bonchev–Trinajstić information content (AvgIpc) is 3.53. The van der Waals surface area contributed by atoms with Gasteiger partial charge >= 0.3 is 0 Å². The van der Waals surface area contributed by atoms with Crippen molar-refractivity contribution >= 4 is 17.3 Å². The summed E-state index contributed by atoms with van der Waals surface area (Å²) in [6.07, 6.45) is 2.15. The van der Waals surface area contributed by atoms with Crippen LogP contribution in [0.15, 0.2) is 42.5 Å². The number of anilines is 1. The number of nitro benzene ring substituents is 1. The smallest absolute Gasteiger partial charge is 0.273 e. The van der Waals surface area contributed by atoms with E-state index in [0.29, 0.717) is 18.3 Å². The lowest BCUT2D eigenvalue weighted by atomic mass is 10.2. The van der Waals surface area contributed by atoms with E-state index in [1.54, 1.807) is 7.11 Å². The lowest BCUT2D eigenvalue weighted by Gasteiger charge is -2.22. The highest BCUT2D eigenvalue weighted by atomic mass is 16.6. The largest absolute Gasteiger partial charge is 0.497 e. The molecule has 1 saturated carbocycles. The van der Waals surface area contributed by atoms with Gasteiger partial charge in [0.1, 0.15) is 11.5 Å². The quantitative estimate of drug-likeness (QED) is 0.526. The van der Waals surface area contributed by atoms with Crippen molar-refractivity contribution in [3.05, 3.63) is 58.1 Å². The number of benzene rings is 2. The van der Waals surface area contributed by atoms with E-state index in [2.05, 4.69) is 10.2 Å². The summed E-state index contributed by atoms with van der Waals surface area (Å²) >= 11 is 0. The number of nitro groups is 1. The van der Waals surface area contributed by atoms with Gasteiger partial charge in [-0.2, -0.15) is 0 Å². The summed E-state index contributed by atoms with van der Waals surface area (Å²) in [5.74, 6) is 0.868. The van der Waals surface area contributed by atoms with Gasteiger partial charge < -0.3 is 14.8 Å². The minimum Gasteiger partial charge on any atom is -0.497 e. The van der Waals surface area contributed by atoms with Crippen LogP contribution < -0.4 is 14.8 Å². The third kappa shape index (κ3) is 4.98. The molecule has 8 heteroatoms. The molecular formula is C20H23N3O5. The normalized spacial score (nSPS) is 13.2. The molecule has 0 saturated heterocycles. The van der Waals surface area contributed by atoms with Crippen LogP contribution in [0.2, 0.25) is 0 Å². The number of amides is 1. The maximum atomic E-state index is 12.6. The Morgan fingerprint density at radius 3 is 2.46 bits per heavy atom. The second-order valence-electron chi connectivity index (χ2n) is 6.67. The van der Waals surface area contributed by atoms with Crippen molar-refractivity contribution in [1.82, 2.24) is 4.90 Å². The monoisotopic (exact) mass is 385 g/mol. The highest BCUT2D eigenvalue weighted by molar-refractivity contribution is 5.94. The fourth-order valence-corrected chi connectivity index (χ4v) is 2.99. The second-order valence-corrected chi connectivity index (χ2v) is 6.67. The number of ether oxygens (including phenoxy) is 2. The van der Waals surface area contributed by atoms with Crippen LogP contribution >= 0.6 is 0 Å². The molecule has 1 amide bonds. The predicted octanol–water partition coefficient (Wildman–Crippen LogP) is 3.22. The molecule has 28 heavy (non-hydrogen) atoms. The van der Waals surface area contributed by atoms with E-state index >= 15 is 0 Å². The van der Waals surface area contributed by atoms with Crippen molar-refractivity contribution in [2.24, 2.45) is 0 Å². The van der Waals surface area contributed by atoms with Crippen molar-refractivity contribution in [3.8, 4) is 11.5 Å². The molecule has 0 radical (unpaired) electrons. The molecule has 0 atom stereocenters. The van der Waals surface area contributed by atoms with Crippen LogP contribution in [-0.2, 0) is 11.3 Å². The van der Waals surface area contributed by atoms with E-state index in [-0.39, 0.29) is 23.9 Å². The van der Waals surface area contributed by atoms with Crippen LogP contribution in [0, 0.1) is 10.1 Å². The molecule has 8 nitrogen and oxygen atoms in total. The molecule has 0 unspecified atom stereocenters. The van der Waals surface area contributed by atoms with Gasteiger partial charge in [0.25, 0.3) is 5.69 Å². The third-order valence-electron chi connectivity index (χ3n) is 4.62. The highest BCUT2D eigenvalue weighted by Gasteiger charge is 2.30. The van der Waals surface area contributed by atoms with Gasteiger partial charge in [0.15, 0.2) is 0 Å². The zero-order chi connectivity index (χ0) is 20.1. The number of hydrogen-bond acceptors (Lipinski definition) is 6. The zero-order valence-electron chi connectivity index (χ0n) is 15.9. The maximum absolute atomic E-state index is 12.6. The predicted molar refractivity (Wildman–Crippen MR) is 105 cm³/mol. The standard InChI is InChI=1S/C20H23N3O5/c1-27-17-8-3-14(4-9-17)12-22(15-5-6-15)13-20(24)21-18-10-7-16(23(25)26)11-19(18)28-2/h3-4,7-11,15H,5-6,12-13H2,1-2H3,(H,21,24). The molecular weight excluding hydrogens is 362 g/mol. The van der Waals surface area contributed by atoms with Crippen molar-refractivity contribution < 1.29 is 19.2 Å². The summed E-state index contributed by atoms with van der Waals surface area (Å²) in [7, 11) is 3.04. The number of carbonyl (C=O) groups excluding carboxylic acids is 1. The van der Waals surface area contributed by atoms with E-state index in [1.807, 2.05) is 24.3 Å². The summed E-state index contributed by atoms with van der Waals surface area (Å²) in [6.45, 7) is 0.899. The van der Waals surface area contributed by atoms with E-state index in [0.717, 1.165) is 24.2 Å². The van der Waals surface area contributed by atoms with Crippen LogP contribution in [0.5, 0.6) is 11.5 Å². The number of rotatable bonds is 9. The number of nitrogens with one attached hydrogen (secondary N) is 1.